The predicted molar refractivity (Wildman–Crippen MR) is 67.9 cm³/mol. The van der Waals surface area contributed by atoms with Crippen LogP contribution in [-0.4, -0.2) is 16.2 Å². The zero-order valence-electron chi connectivity index (χ0n) is 10.6. The highest BCUT2D eigenvalue weighted by Gasteiger charge is 2.29. The number of nitrogens with zero attached hydrogens (tertiary/aromatic N) is 3. The van der Waals surface area contributed by atoms with E-state index in [9.17, 15) is 0 Å². The van der Waals surface area contributed by atoms with E-state index in [1.807, 2.05) is 25.2 Å². The third-order valence-electron chi connectivity index (χ3n) is 3.69. The van der Waals surface area contributed by atoms with E-state index < -0.39 is 0 Å². The van der Waals surface area contributed by atoms with Crippen LogP contribution < -0.4 is 0 Å². The first kappa shape index (κ1) is 11.2. The number of hydrogen-bond donors (Lipinski definition) is 0. The Kier molecular flexibility index (Phi) is 2.57. The van der Waals surface area contributed by atoms with E-state index in [0.29, 0.717) is 11.5 Å². The van der Waals surface area contributed by atoms with Gasteiger partial charge in [-0.15, -0.1) is 0 Å². The molecule has 4 nitrogen and oxygen atoms in total. The molecular formula is C14H15N3O. The van der Waals surface area contributed by atoms with Gasteiger partial charge in [-0.1, -0.05) is 6.92 Å². The first-order chi connectivity index (χ1) is 8.70. The minimum atomic E-state index is 0.0768. The van der Waals surface area contributed by atoms with E-state index in [2.05, 4.69) is 22.5 Å². The van der Waals surface area contributed by atoms with Crippen LogP contribution in [-0.2, 0) is 11.8 Å². The number of fused-ring (bicyclic) bond motifs is 1. The summed E-state index contributed by atoms with van der Waals surface area (Å²) in [7, 11) is 2.01. The van der Waals surface area contributed by atoms with Crippen molar-refractivity contribution in [2.24, 2.45) is 13.0 Å². The van der Waals surface area contributed by atoms with Crippen molar-refractivity contribution in [2.45, 2.75) is 19.4 Å². The van der Waals surface area contributed by atoms with Crippen molar-refractivity contribution in [3.8, 4) is 6.07 Å². The van der Waals surface area contributed by atoms with Gasteiger partial charge in [0.15, 0.2) is 0 Å². The van der Waals surface area contributed by atoms with Crippen LogP contribution in [0, 0.1) is 17.2 Å². The zero-order chi connectivity index (χ0) is 12.7. The van der Waals surface area contributed by atoms with Crippen LogP contribution in [0.25, 0.3) is 11.0 Å². The third kappa shape index (κ3) is 1.59. The molecular weight excluding hydrogens is 226 g/mol. The summed E-state index contributed by atoms with van der Waals surface area (Å²) in [6.07, 6.45) is 1.16. The highest BCUT2D eigenvalue weighted by molar-refractivity contribution is 5.77. The summed E-state index contributed by atoms with van der Waals surface area (Å²) in [5, 5.41) is 8.92. The van der Waals surface area contributed by atoms with Crippen LogP contribution in [0.5, 0.6) is 0 Å². The maximum atomic E-state index is 8.92. The smallest absolute Gasteiger partial charge is 0.139 e. The van der Waals surface area contributed by atoms with Crippen molar-refractivity contribution in [3.63, 3.8) is 0 Å². The van der Waals surface area contributed by atoms with Gasteiger partial charge in [0.25, 0.3) is 0 Å². The summed E-state index contributed by atoms with van der Waals surface area (Å²) in [6, 6.07) is 7.75. The summed E-state index contributed by atoms with van der Waals surface area (Å²) in [5.74, 6) is 1.46. The predicted octanol–water partition coefficient (Wildman–Crippen LogP) is 2.54. The van der Waals surface area contributed by atoms with E-state index in [1.54, 1.807) is 0 Å². The molecule has 1 fully saturated rings. The fourth-order valence-corrected chi connectivity index (χ4v) is 2.57. The first-order valence-electron chi connectivity index (χ1n) is 6.19. The van der Waals surface area contributed by atoms with Crippen LogP contribution in [0.1, 0.15) is 30.8 Å². The highest BCUT2D eigenvalue weighted by Crippen LogP contribution is 2.34. The van der Waals surface area contributed by atoms with Crippen LogP contribution in [0.15, 0.2) is 18.2 Å². The van der Waals surface area contributed by atoms with Gasteiger partial charge < -0.3 is 9.30 Å². The highest BCUT2D eigenvalue weighted by atomic mass is 16.5. The first-order valence-corrected chi connectivity index (χ1v) is 6.19. The average molecular weight is 241 g/mol. The molecule has 0 spiro atoms. The van der Waals surface area contributed by atoms with Gasteiger partial charge in [0, 0.05) is 13.7 Å². The lowest BCUT2D eigenvalue weighted by Gasteiger charge is -2.13. The van der Waals surface area contributed by atoms with Gasteiger partial charge in [-0.25, -0.2) is 4.98 Å². The lowest BCUT2D eigenvalue weighted by Crippen LogP contribution is -2.10. The van der Waals surface area contributed by atoms with Crippen molar-refractivity contribution >= 4 is 11.0 Å². The van der Waals surface area contributed by atoms with E-state index >= 15 is 0 Å². The summed E-state index contributed by atoms with van der Waals surface area (Å²) < 4.78 is 7.84. The Balaban J connectivity index is 2.13. The number of aryl methyl sites for hydroxylation is 1. The minimum Gasteiger partial charge on any atom is -0.370 e. The monoisotopic (exact) mass is 241 g/mol. The molecule has 1 aliphatic heterocycles. The number of nitriles is 1. The van der Waals surface area contributed by atoms with Crippen LogP contribution in [0.2, 0.25) is 0 Å². The molecule has 0 saturated carbocycles. The molecule has 1 saturated heterocycles. The van der Waals surface area contributed by atoms with Crippen molar-refractivity contribution < 1.29 is 4.74 Å². The lowest BCUT2D eigenvalue weighted by atomic mass is 10.0. The third-order valence-corrected chi connectivity index (χ3v) is 3.69. The Morgan fingerprint density at radius 3 is 3.00 bits per heavy atom. The molecule has 2 atom stereocenters. The van der Waals surface area contributed by atoms with Crippen molar-refractivity contribution in [3.05, 3.63) is 29.6 Å². The van der Waals surface area contributed by atoms with Crippen molar-refractivity contribution in [1.29, 1.82) is 5.26 Å². The summed E-state index contributed by atoms with van der Waals surface area (Å²) in [6.45, 7) is 3.00. The quantitative estimate of drug-likeness (QED) is 0.771. The number of imidazole rings is 1. The molecule has 1 aromatic heterocycles. The van der Waals surface area contributed by atoms with Gasteiger partial charge in [0.1, 0.15) is 11.9 Å². The van der Waals surface area contributed by atoms with Gasteiger partial charge in [-0.05, 0) is 30.5 Å². The molecule has 92 valence electrons. The molecule has 2 unspecified atom stereocenters. The summed E-state index contributed by atoms with van der Waals surface area (Å²) in [5.41, 5.74) is 2.56. The van der Waals surface area contributed by atoms with E-state index in [-0.39, 0.29) is 6.10 Å². The van der Waals surface area contributed by atoms with E-state index in [4.69, 9.17) is 10.00 Å². The summed E-state index contributed by atoms with van der Waals surface area (Å²) >= 11 is 0. The largest absolute Gasteiger partial charge is 0.370 e. The second-order valence-corrected chi connectivity index (χ2v) is 4.90. The fourth-order valence-electron chi connectivity index (χ4n) is 2.57. The molecule has 0 N–H and O–H groups in total. The molecule has 2 aromatic rings. The maximum absolute atomic E-state index is 8.92. The zero-order valence-corrected chi connectivity index (χ0v) is 10.6. The van der Waals surface area contributed by atoms with Gasteiger partial charge in [-0.2, -0.15) is 5.26 Å². The topological polar surface area (TPSA) is 50.8 Å². The molecule has 0 aliphatic carbocycles. The van der Waals surface area contributed by atoms with E-state index in [0.717, 1.165) is 29.9 Å². The molecule has 0 bridgehead atoms. The number of benzene rings is 1. The van der Waals surface area contributed by atoms with E-state index in [1.165, 1.54) is 0 Å². The van der Waals surface area contributed by atoms with Crippen molar-refractivity contribution in [2.75, 3.05) is 6.61 Å². The lowest BCUT2D eigenvalue weighted by molar-refractivity contribution is 0.0855. The molecule has 1 aliphatic rings. The van der Waals surface area contributed by atoms with Crippen LogP contribution >= 0.6 is 0 Å². The summed E-state index contributed by atoms with van der Waals surface area (Å²) in [4.78, 5) is 4.64. The molecule has 18 heavy (non-hydrogen) atoms. The second-order valence-electron chi connectivity index (χ2n) is 4.90. The minimum absolute atomic E-state index is 0.0768. The van der Waals surface area contributed by atoms with Crippen molar-refractivity contribution in [1.82, 2.24) is 9.55 Å². The van der Waals surface area contributed by atoms with Gasteiger partial charge in [0.2, 0.25) is 0 Å². The maximum Gasteiger partial charge on any atom is 0.139 e. The Bertz CT molecular complexity index is 638. The van der Waals surface area contributed by atoms with Crippen LogP contribution in [0.3, 0.4) is 0 Å². The number of aromatic nitrogens is 2. The molecule has 0 radical (unpaired) electrons. The average Bonchev–Trinajstić information content (AvgIpc) is 2.93. The Morgan fingerprint density at radius 1 is 1.50 bits per heavy atom. The molecule has 0 amide bonds. The van der Waals surface area contributed by atoms with Gasteiger partial charge in [0.05, 0.1) is 22.7 Å². The van der Waals surface area contributed by atoms with Gasteiger partial charge in [-0.3, -0.25) is 0 Å². The number of hydrogen-bond acceptors (Lipinski definition) is 3. The molecule has 3 rings (SSSR count). The number of rotatable bonds is 1. The SMILES string of the molecule is CC1CCOC1c1nc2cc(C#N)ccc2n1C. The molecule has 1 aromatic carbocycles. The Hall–Kier alpha value is -1.86. The number of ether oxygens (including phenoxy) is 1. The Morgan fingerprint density at radius 2 is 2.33 bits per heavy atom. The molecule has 4 heteroatoms. The van der Waals surface area contributed by atoms with Crippen LogP contribution in [0.4, 0.5) is 0 Å². The fraction of sp³-hybridized carbons (Fsp3) is 0.429. The molecule has 2 heterocycles. The van der Waals surface area contributed by atoms with Gasteiger partial charge >= 0.3 is 0 Å². The standard InChI is InChI=1S/C14H15N3O/c1-9-5-6-18-13(9)14-16-11-7-10(8-15)3-4-12(11)17(14)2/h3-4,7,9,13H,5-6H2,1-2H3. The Labute approximate surface area is 106 Å². The normalized spacial score (nSPS) is 23.4. The second kappa shape index (κ2) is 4.11.